The zero-order chi connectivity index (χ0) is 32.5. The van der Waals surface area contributed by atoms with Crippen LogP contribution in [-0.2, 0) is 23.7 Å². The van der Waals surface area contributed by atoms with Crippen LogP contribution in [0.25, 0.3) is 0 Å². The van der Waals surface area contributed by atoms with E-state index in [1.165, 1.54) is 0 Å². The maximum absolute atomic E-state index is 13.9. The molecule has 6 fully saturated rings. The smallest absolute Gasteiger partial charge is 0.314 e. The largest absolute Gasteiger partial charge is 0.432 e. The third kappa shape index (κ3) is 5.47. The zero-order valence-electron chi connectivity index (χ0n) is 26.2. The molecule has 17 atom stereocenters. The molecule has 6 aliphatic rings. The Morgan fingerprint density at radius 3 is 2.00 bits per heavy atom. The highest BCUT2D eigenvalue weighted by Gasteiger charge is 2.66. The Bertz CT molecular complexity index is 1070. The summed E-state index contributed by atoms with van der Waals surface area (Å²) >= 11 is 0. The molecule has 2 bridgehead atoms. The predicted octanol–water partition coefficient (Wildman–Crippen LogP) is -0.825. The molecule has 6 rings (SSSR count). The molecule has 4 saturated carbocycles. The van der Waals surface area contributed by atoms with Gasteiger partial charge in [-0.05, 0) is 92.8 Å². The van der Waals surface area contributed by atoms with Gasteiger partial charge in [-0.25, -0.2) is 0 Å². The van der Waals surface area contributed by atoms with Gasteiger partial charge in [-0.15, -0.1) is 0 Å². The highest BCUT2D eigenvalue weighted by atomic mass is 16.7. The Hall–Kier alpha value is -0.970. The fraction of sp³-hybridized carbons (Fsp3) is 0.969. The standard InChI is InChI=1S/C32H52O13/c1-30-7-3-8-31(2,29(41)45-28-26(40)24(38)22(36)18(13-34)44-28)19(30)6-9-32-10-15(4-5-20(30)32)16(11-32)14-42-27-25(39)23(37)21(35)17(12-33)43-27/h15-28,33-40H,3-14H2,1-2H3/t15-,16-,17-,18-,19+,20+,21-,22-,23+,24+,25-,26-,27-,28+,30-,31+,32+/m1/s1. The quantitative estimate of drug-likeness (QED) is 0.159. The van der Waals surface area contributed by atoms with Gasteiger partial charge in [0.15, 0.2) is 6.29 Å². The van der Waals surface area contributed by atoms with E-state index in [0.29, 0.717) is 24.9 Å². The van der Waals surface area contributed by atoms with Crippen LogP contribution in [0.2, 0.25) is 0 Å². The van der Waals surface area contributed by atoms with Crippen LogP contribution in [0.1, 0.15) is 71.6 Å². The Kier molecular flexibility index (Phi) is 9.41. The number of hydrogen-bond donors (Lipinski definition) is 8. The van der Waals surface area contributed by atoms with Gasteiger partial charge in [0.25, 0.3) is 0 Å². The van der Waals surface area contributed by atoms with Crippen molar-refractivity contribution in [3.05, 3.63) is 0 Å². The van der Waals surface area contributed by atoms with E-state index in [2.05, 4.69) is 6.92 Å². The summed E-state index contributed by atoms with van der Waals surface area (Å²) < 4.78 is 22.9. The molecule has 0 aromatic carbocycles. The molecule has 0 aromatic rings. The summed E-state index contributed by atoms with van der Waals surface area (Å²) in [6.45, 7) is 3.49. The maximum atomic E-state index is 13.9. The molecule has 4 aliphatic carbocycles. The van der Waals surface area contributed by atoms with Crippen molar-refractivity contribution in [1.82, 2.24) is 0 Å². The minimum atomic E-state index is -1.64. The molecule has 258 valence electrons. The average Bonchev–Trinajstić information content (AvgIpc) is 3.28. The fourth-order valence-electron chi connectivity index (χ4n) is 10.9. The van der Waals surface area contributed by atoms with E-state index in [1.807, 2.05) is 6.92 Å². The monoisotopic (exact) mass is 644 g/mol. The van der Waals surface area contributed by atoms with Gasteiger partial charge in [-0.3, -0.25) is 4.79 Å². The van der Waals surface area contributed by atoms with Crippen LogP contribution in [0.3, 0.4) is 0 Å². The Labute approximate surface area is 263 Å². The summed E-state index contributed by atoms with van der Waals surface area (Å²) in [5, 5.41) is 80.7. The molecule has 13 nitrogen and oxygen atoms in total. The Balaban J connectivity index is 1.14. The third-order valence-corrected chi connectivity index (χ3v) is 13.1. The van der Waals surface area contributed by atoms with Gasteiger partial charge in [-0.2, -0.15) is 0 Å². The first-order chi connectivity index (χ1) is 21.3. The summed E-state index contributed by atoms with van der Waals surface area (Å²) in [5.41, 5.74) is -0.872. The number of ether oxygens (including phenoxy) is 4. The van der Waals surface area contributed by atoms with Crippen LogP contribution in [0.5, 0.6) is 0 Å². The molecule has 0 amide bonds. The highest BCUT2D eigenvalue weighted by molar-refractivity contribution is 5.77. The molecule has 2 saturated heterocycles. The van der Waals surface area contributed by atoms with Crippen molar-refractivity contribution in [3.63, 3.8) is 0 Å². The van der Waals surface area contributed by atoms with E-state index in [4.69, 9.17) is 18.9 Å². The molecular formula is C32H52O13. The summed E-state index contributed by atoms with van der Waals surface area (Å²) in [7, 11) is 0. The second-order valence-electron chi connectivity index (χ2n) is 15.4. The molecule has 1 spiro atoms. The summed E-state index contributed by atoms with van der Waals surface area (Å²) in [5.74, 6) is 0.598. The molecule has 13 heteroatoms. The lowest BCUT2D eigenvalue weighted by Crippen LogP contribution is -2.61. The number of esters is 1. The SMILES string of the molecule is C[C@@]12CCC[C@](C)(C(=O)O[C@@H]3O[C@H](CO)[C@@H](O)[C@H](O)[C@H]3O)[C@H]1CC[C@@]13C[C@@H](CC[C@H]12)[C@@H](CO[C@@H]1O[C@H](CO)[C@@H](O)[C@H](O)[C@H]1O)C3. The molecule has 0 unspecified atom stereocenters. The van der Waals surface area contributed by atoms with Gasteiger partial charge in [0, 0.05) is 0 Å². The summed E-state index contributed by atoms with van der Waals surface area (Å²) in [6, 6.07) is 0. The third-order valence-electron chi connectivity index (χ3n) is 13.1. The number of fused-ring (bicyclic) bond motifs is 3. The number of rotatable bonds is 7. The molecule has 8 N–H and O–H groups in total. The summed E-state index contributed by atoms with van der Waals surface area (Å²) in [6.07, 6.45) is -5.63. The van der Waals surface area contributed by atoms with Crippen molar-refractivity contribution in [1.29, 1.82) is 0 Å². The average molecular weight is 645 g/mol. The Morgan fingerprint density at radius 2 is 1.36 bits per heavy atom. The van der Waals surface area contributed by atoms with Crippen molar-refractivity contribution in [2.45, 2.75) is 133 Å². The van der Waals surface area contributed by atoms with Crippen molar-refractivity contribution in [3.8, 4) is 0 Å². The van der Waals surface area contributed by atoms with Gasteiger partial charge in [0.05, 0.1) is 25.2 Å². The highest BCUT2D eigenvalue weighted by Crippen LogP contribution is 2.72. The topological polar surface area (TPSA) is 216 Å². The fourth-order valence-corrected chi connectivity index (χ4v) is 10.9. The lowest BCUT2D eigenvalue weighted by molar-refractivity contribution is -0.303. The van der Waals surface area contributed by atoms with Crippen LogP contribution in [0, 0.1) is 39.9 Å². The van der Waals surface area contributed by atoms with E-state index < -0.39 is 86.0 Å². The van der Waals surface area contributed by atoms with Crippen LogP contribution in [0.4, 0.5) is 0 Å². The Morgan fingerprint density at radius 1 is 0.733 bits per heavy atom. The minimum Gasteiger partial charge on any atom is -0.432 e. The van der Waals surface area contributed by atoms with Gasteiger partial charge in [0.2, 0.25) is 6.29 Å². The molecule has 0 aromatic heterocycles. The molecule has 2 aliphatic heterocycles. The van der Waals surface area contributed by atoms with Crippen molar-refractivity contribution in [2.75, 3.05) is 19.8 Å². The van der Waals surface area contributed by atoms with E-state index in [1.54, 1.807) is 0 Å². The lowest BCUT2D eigenvalue weighted by Gasteiger charge is -2.63. The zero-order valence-corrected chi connectivity index (χ0v) is 26.2. The van der Waals surface area contributed by atoms with Crippen molar-refractivity contribution >= 4 is 5.97 Å². The molecular weight excluding hydrogens is 592 g/mol. The van der Waals surface area contributed by atoms with E-state index in [-0.39, 0.29) is 22.7 Å². The first kappa shape index (κ1) is 33.9. The maximum Gasteiger partial charge on any atom is 0.314 e. The number of carbonyl (C=O) groups excluding carboxylic acids is 1. The van der Waals surface area contributed by atoms with Gasteiger partial charge in [0.1, 0.15) is 48.8 Å². The van der Waals surface area contributed by atoms with Crippen molar-refractivity contribution < 1.29 is 64.6 Å². The number of aliphatic hydroxyl groups excluding tert-OH is 8. The van der Waals surface area contributed by atoms with Gasteiger partial charge in [-0.1, -0.05) is 13.3 Å². The van der Waals surface area contributed by atoms with Crippen molar-refractivity contribution in [2.24, 2.45) is 39.9 Å². The van der Waals surface area contributed by atoms with Gasteiger partial charge >= 0.3 is 5.97 Å². The molecule has 0 radical (unpaired) electrons. The lowest BCUT2D eigenvalue weighted by atomic mass is 9.41. The van der Waals surface area contributed by atoms with E-state index in [9.17, 15) is 45.6 Å². The van der Waals surface area contributed by atoms with Gasteiger partial charge < -0.3 is 59.8 Å². The predicted molar refractivity (Wildman–Crippen MR) is 154 cm³/mol. The first-order valence-corrected chi connectivity index (χ1v) is 16.7. The van der Waals surface area contributed by atoms with Crippen LogP contribution >= 0.6 is 0 Å². The van der Waals surface area contributed by atoms with E-state index in [0.717, 1.165) is 51.4 Å². The second kappa shape index (κ2) is 12.5. The van der Waals surface area contributed by atoms with Crippen LogP contribution < -0.4 is 0 Å². The normalized spacial score (nSPS) is 54.6. The van der Waals surface area contributed by atoms with Crippen LogP contribution in [-0.4, -0.2) is 128 Å². The number of hydrogen-bond acceptors (Lipinski definition) is 13. The second-order valence-corrected chi connectivity index (χ2v) is 15.4. The molecule has 2 heterocycles. The number of aliphatic hydroxyl groups is 8. The minimum absolute atomic E-state index is 0.0349. The van der Waals surface area contributed by atoms with E-state index >= 15 is 0 Å². The first-order valence-electron chi connectivity index (χ1n) is 16.7. The number of carbonyl (C=O) groups is 1. The van der Waals surface area contributed by atoms with Crippen LogP contribution in [0.15, 0.2) is 0 Å². The summed E-state index contributed by atoms with van der Waals surface area (Å²) in [4.78, 5) is 13.9. The molecule has 45 heavy (non-hydrogen) atoms.